The minimum absolute atomic E-state index is 0.0317. The second-order valence-electron chi connectivity index (χ2n) is 6.36. The first-order valence-corrected chi connectivity index (χ1v) is 9.78. The van der Waals surface area contributed by atoms with Crippen molar-refractivity contribution in [2.75, 3.05) is 6.61 Å². The van der Waals surface area contributed by atoms with E-state index in [2.05, 4.69) is 0 Å². The van der Waals surface area contributed by atoms with Crippen LogP contribution in [-0.2, 0) is 9.53 Å². The Bertz CT molecular complexity index is 971. The highest BCUT2D eigenvalue weighted by Crippen LogP contribution is 2.20. The number of hydrogen-bond donors (Lipinski definition) is 0. The molecule has 0 aliphatic carbocycles. The fourth-order valence-electron chi connectivity index (χ4n) is 2.70. The van der Waals surface area contributed by atoms with Crippen molar-refractivity contribution in [3.63, 3.8) is 0 Å². The van der Waals surface area contributed by atoms with E-state index in [1.54, 1.807) is 18.2 Å². The van der Waals surface area contributed by atoms with Gasteiger partial charge in [-0.2, -0.15) is 0 Å². The molecule has 0 saturated carbocycles. The molecule has 5 heteroatoms. The third-order valence-electron chi connectivity index (χ3n) is 4.25. The van der Waals surface area contributed by atoms with Crippen LogP contribution in [0.1, 0.15) is 37.7 Å². The van der Waals surface area contributed by atoms with E-state index in [0.717, 1.165) is 16.0 Å². The maximum absolute atomic E-state index is 12.2. The largest absolute Gasteiger partial charge is 0.457 e. The van der Waals surface area contributed by atoms with Crippen molar-refractivity contribution in [1.82, 2.24) is 0 Å². The van der Waals surface area contributed by atoms with Crippen LogP contribution in [0.2, 0.25) is 0 Å². The third-order valence-corrected chi connectivity index (χ3v) is 5.29. The van der Waals surface area contributed by atoms with Gasteiger partial charge in [-0.1, -0.05) is 54.6 Å². The Hall–Kier alpha value is -3.05. The van der Waals surface area contributed by atoms with Gasteiger partial charge < -0.3 is 4.74 Å². The number of carbonyl (C=O) groups excluding carboxylic acids is 3. The molecule has 0 saturated heterocycles. The van der Waals surface area contributed by atoms with Gasteiger partial charge in [-0.25, -0.2) is 0 Å². The number of aryl methyl sites for hydroxylation is 1. The second kappa shape index (κ2) is 9.24. The fourth-order valence-corrected chi connectivity index (χ4v) is 3.54. The molecule has 0 bridgehead atoms. The maximum Gasteiger partial charge on any atom is 0.306 e. The molecule has 0 radical (unpaired) electrons. The van der Waals surface area contributed by atoms with E-state index in [9.17, 15) is 14.4 Å². The number of thiophene rings is 1. The van der Waals surface area contributed by atoms with Crippen molar-refractivity contribution in [2.45, 2.75) is 19.8 Å². The molecule has 1 heterocycles. The van der Waals surface area contributed by atoms with E-state index < -0.39 is 5.97 Å². The quantitative estimate of drug-likeness (QED) is 0.395. The highest BCUT2D eigenvalue weighted by Gasteiger charge is 2.14. The normalized spacial score (nSPS) is 10.5. The zero-order valence-electron chi connectivity index (χ0n) is 15.5. The molecule has 142 valence electrons. The summed E-state index contributed by atoms with van der Waals surface area (Å²) in [6.07, 6.45) is 0.0504. The number of ketones is 2. The smallest absolute Gasteiger partial charge is 0.306 e. The number of benzene rings is 2. The number of rotatable bonds is 8. The molecule has 0 aliphatic rings. The van der Waals surface area contributed by atoms with Gasteiger partial charge in [0.15, 0.2) is 18.2 Å². The van der Waals surface area contributed by atoms with Crippen LogP contribution in [-0.4, -0.2) is 24.1 Å². The van der Waals surface area contributed by atoms with E-state index in [1.165, 1.54) is 11.3 Å². The van der Waals surface area contributed by atoms with Crippen molar-refractivity contribution in [3.8, 4) is 11.1 Å². The predicted octanol–water partition coefficient (Wildman–Crippen LogP) is 5.11. The monoisotopic (exact) mass is 392 g/mol. The van der Waals surface area contributed by atoms with Crippen molar-refractivity contribution < 1.29 is 19.1 Å². The van der Waals surface area contributed by atoms with E-state index in [1.807, 2.05) is 55.5 Å². The second-order valence-corrected chi connectivity index (χ2v) is 7.65. The zero-order valence-corrected chi connectivity index (χ0v) is 16.3. The lowest BCUT2D eigenvalue weighted by Gasteiger charge is -2.06. The number of hydrogen-bond acceptors (Lipinski definition) is 5. The number of Topliss-reactive ketones (excluding diaryl/α,β-unsaturated/α-hetero) is 2. The number of carbonyl (C=O) groups is 3. The summed E-state index contributed by atoms with van der Waals surface area (Å²) in [5.41, 5.74) is 2.56. The van der Waals surface area contributed by atoms with Gasteiger partial charge in [0, 0.05) is 16.9 Å². The van der Waals surface area contributed by atoms with Gasteiger partial charge >= 0.3 is 5.97 Å². The molecule has 28 heavy (non-hydrogen) atoms. The van der Waals surface area contributed by atoms with Gasteiger partial charge in [0.1, 0.15) is 0 Å². The number of ether oxygens (including phenoxy) is 1. The first-order chi connectivity index (χ1) is 13.5. The number of esters is 1. The van der Waals surface area contributed by atoms with Crippen LogP contribution in [0, 0.1) is 6.92 Å². The lowest BCUT2D eigenvalue weighted by Crippen LogP contribution is -2.15. The average Bonchev–Trinajstić information content (AvgIpc) is 3.17. The molecule has 0 spiro atoms. The van der Waals surface area contributed by atoms with Crippen molar-refractivity contribution >= 4 is 28.9 Å². The van der Waals surface area contributed by atoms with E-state index >= 15 is 0 Å². The molecule has 3 rings (SSSR count). The van der Waals surface area contributed by atoms with Crippen molar-refractivity contribution in [2.24, 2.45) is 0 Å². The van der Waals surface area contributed by atoms with E-state index in [4.69, 9.17) is 4.74 Å². The van der Waals surface area contributed by atoms with E-state index in [-0.39, 0.29) is 31.0 Å². The zero-order chi connectivity index (χ0) is 19.9. The Morgan fingerprint density at radius 2 is 1.46 bits per heavy atom. The molecule has 1 aromatic heterocycles. The Labute approximate surface area is 167 Å². The van der Waals surface area contributed by atoms with Crippen LogP contribution in [0.25, 0.3) is 11.1 Å². The minimum atomic E-state index is -0.545. The molecule has 0 fully saturated rings. The highest BCUT2D eigenvalue weighted by atomic mass is 32.1. The summed E-state index contributed by atoms with van der Waals surface area (Å²) < 4.78 is 5.03. The van der Waals surface area contributed by atoms with Gasteiger partial charge in [-0.15, -0.1) is 11.3 Å². The first-order valence-electron chi connectivity index (χ1n) is 8.97. The summed E-state index contributed by atoms with van der Waals surface area (Å²) in [4.78, 5) is 37.7. The lowest BCUT2D eigenvalue weighted by atomic mass is 10.0. The average molecular weight is 392 g/mol. The predicted molar refractivity (Wildman–Crippen MR) is 110 cm³/mol. The Morgan fingerprint density at radius 3 is 2.11 bits per heavy atom. The SMILES string of the molecule is Cc1ccc(C(=O)CCC(=O)OCC(=O)c2ccc(-c3ccccc3)cc2)s1. The molecule has 0 atom stereocenters. The van der Waals surface area contributed by atoms with Crippen LogP contribution in [0.3, 0.4) is 0 Å². The molecule has 4 nitrogen and oxygen atoms in total. The summed E-state index contributed by atoms with van der Waals surface area (Å²) in [7, 11) is 0. The maximum atomic E-state index is 12.2. The van der Waals surface area contributed by atoms with Crippen LogP contribution >= 0.6 is 11.3 Å². The molecule has 2 aromatic carbocycles. The Balaban J connectivity index is 1.47. The van der Waals surface area contributed by atoms with Crippen molar-refractivity contribution in [1.29, 1.82) is 0 Å². The topological polar surface area (TPSA) is 60.4 Å². The molecule has 0 amide bonds. The Kier molecular flexibility index (Phi) is 6.50. The molecule has 0 aliphatic heterocycles. The lowest BCUT2D eigenvalue weighted by molar-refractivity contribution is -0.142. The van der Waals surface area contributed by atoms with Crippen LogP contribution in [0.5, 0.6) is 0 Å². The highest BCUT2D eigenvalue weighted by molar-refractivity contribution is 7.14. The van der Waals surface area contributed by atoms with E-state index in [0.29, 0.717) is 10.4 Å². The third kappa shape index (κ3) is 5.24. The molecule has 0 unspecified atom stereocenters. The van der Waals surface area contributed by atoms with Gasteiger partial charge in [0.2, 0.25) is 0 Å². The molecular formula is C23H20O4S. The Morgan fingerprint density at radius 1 is 0.786 bits per heavy atom. The summed E-state index contributed by atoms with van der Waals surface area (Å²) in [5, 5.41) is 0. The summed E-state index contributed by atoms with van der Waals surface area (Å²) >= 11 is 1.41. The summed E-state index contributed by atoms with van der Waals surface area (Å²) in [6.45, 7) is 1.60. The van der Waals surface area contributed by atoms with Gasteiger partial charge in [0.05, 0.1) is 11.3 Å². The summed E-state index contributed by atoms with van der Waals surface area (Å²) in [6, 6.07) is 20.7. The van der Waals surface area contributed by atoms with Crippen LogP contribution in [0.15, 0.2) is 66.7 Å². The fraction of sp³-hybridized carbons (Fsp3) is 0.174. The minimum Gasteiger partial charge on any atom is -0.457 e. The van der Waals surface area contributed by atoms with Gasteiger partial charge in [0.25, 0.3) is 0 Å². The summed E-state index contributed by atoms with van der Waals surface area (Å²) in [5.74, 6) is -0.901. The van der Waals surface area contributed by atoms with Crippen LogP contribution < -0.4 is 0 Å². The van der Waals surface area contributed by atoms with Gasteiger partial charge in [-0.3, -0.25) is 14.4 Å². The van der Waals surface area contributed by atoms with Crippen LogP contribution in [0.4, 0.5) is 0 Å². The van der Waals surface area contributed by atoms with Gasteiger partial charge in [-0.05, 0) is 30.2 Å². The molecule has 3 aromatic rings. The van der Waals surface area contributed by atoms with Crippen molar-refractivity contribution in [3.05, 3.63) is 82.0 Å². The first kappa shape index (κ1) is 19.7. The molecular weight excluding hydrogens is 372 g/mol. The standard InChI is InChI=1S/C23H20O4S/c1-16-7-13-22(28-16)20(24)12-14-23(26)27-15-21(25)19-10-8-18(9-11-19)17-5-3-2-4-6-17/h2-11,13H,12,14-15H2,1H3. The molecule has 0 N–H and O–H groups in total.